The smallest absolute Gasteiger partial charge is 0.308 e. The highest BCUT2D eigenvalue weighted by atomic mass is 16.6. The predicted octanol–water partition coefficient (Wildman–Crippen LogP) is 2.65. The Bertz CT molecular complexity index is 442. The highest BCUT2D eigenvalue weighted by Crippen LogP contribution is 2.08. The SMILES string of the molecule is CCCCOCCOCCOCCOCCOCCOCCOCCOCCC(=O)OC(C)(C)C. The number of hydrogen-bond acceptors (Lipinski definition) is 10. The molecule has 0 aromatic carbocycles. The summed E-state index contributed by atoms with van der Waals surface area (Å²) >= 11 is 0. The van der Waals surface area contributed by atoms with E-state index < -0.39 is 5.60 Å². The Balaban J connectivity index is 3.09. The first-order valence-corrected chi connectivity index (χ1v) is 12.8. The Morgan fingerprint density at radius 3 is 1.06 bits per heavy atom. The van der Waals surface area contributed by atoms with E-state index in [-0.39, 0.29) is 12.4 Å². The van der Waals surface area contributed by atoms with E-state index in [2.05, 4.69) is 6.92 Å². The Kier molecular flexibility index (Phi) is 25.6. The average Bonchev–Trinajstić information content (AvgIpc) is 2.80. The molecule has 10 nitrogen and oxygen atoms in total. The molecule has 0 unspecified atom stereocenters. The highest BCUT2D eigenvalue weighted by molar-refractivity contribution is 5.69. The summed E-state index contributed by atoms with van der Waals surface area (Å²) in [6.45, 7) is 16.1. The summed E-state index contributed by atoms with van der Waals surface area (Å²) < 4.78 is 48.5. The molecule has 0 fully saturated rings. The molecule has 0 rings (SSSR count). The summed E-state index contributed by atoms with van der Waals surface area (Å²) in [5.74, 6) is -0.258. The van der Waals surface area contributed by atoms with Crippen LogP contribution in [0.5, 0.6) is 0 Å². The van der Waals surface area contributed by atoms with Crippen LogP contribution in [0, 0.1) is 0 Å². The molecular weight excluding hydrogens is 460 g/mol. The molecule has 0 bridgehead atoms. The molecule has 0 radical (unpaired) electrons. The van der Waals surface area contributed by atoms with Gasteiger partial charge >= 0.3 is 5.97 Å². The van der Waals surface area contributed by atoms with Crippen LogP contribution < -0.4 is 0 Å². The maximum absolute atomic E-state index is 11.5. The van der Waals surface area contributed by atoms with Gasteiger partial charge in [0.15, 0.2) is 0 Å². The normalized spacial score (nSPS) is 11.8. The summed E-state index contributed by atoms with van der Waals surface area (Å²) in [4.78, 5) is 11.5. The summed E-state index contributed by atoms with van der Waals surface area (Å²) in [6.07, 6.45) is 2.48. The molecule has 0 aliphatic rings. The van der Waals surface area contributed by atoms with Gasteiger partial charge in [-0.15, -0.1) is 0 Å². The largest absolute Gasteiger partial charge is 0.460 e. The highest BCUT2D eigenvalue weighted by Gasteiger charge is 2.15. The van der Waals surface area contributed by atoms with Crippen molar-refractivity contribution in [1.29, 1.82) is 0 Å². The van der Waals surface area contributed by atoms with E-state index in [9.17, 15) is 4.79 Å². The number of ether oxygens (including phenoxy) is 9. The lowest BCUT2D eigenvalue weighted by molar-refractivity contribution is -0.156. The van der Waals surface area contributed by atoms with E-state index in [1.165, 1.54) is 0 Å². The molecule has 0 aliphatic heterocycles. The topological polar surface area (TPSA) is 100 Å². The second-order valence-electron chi connectivity index (χ2n) is 8.59. The predicted molar refractivity (Wildman–Crippen MR) is 132 cm³/mol. The molecule has 0 aromatic heterocycles. The third kappa shape index (κ3) is 31.1. The number of unbranched alkanes of at least 4 members (excludes halogenated alkanes) is 1. The van der Waals surface area contributed by atoms with E-state index in [4.69, 9.17) is 42.6 Å². The minimum absolute atomic E-state index is 0.241. The Morgan fingerprint density at radius 2 is 0.771 bits per heavy atom. The summed E-state index contributed by atoms with van der Waals surface area (Å²) in [5, 5.41) is 0. The third-order valence-corrected chi connectivity index (χ3v) is 4.12. The van der Waals surface area contributed by atoms with E-state index in [0.29, 0.717) is 99.1 Å². The first kappa shape index (κ1) is 34.1. The molecule has 0 atom stereocenters. The minimum atomic E-state index is -0.464. The lowest BCUT2D eigenvalue weighted by atomic mass is 10.2. The molecule has 0 N–H and O–H groups in total. The number of rotatable bonds is 27. The van der Waals surface area contributed by atoms with E-state index in [0.717, 1.165) is 19.4 Å². The lowest BCUT2D eigenvalue weighted by Crippen LogP contribution is -2.24. The van der Waals surface area contributed by atoms with Crippen molar-refractivity contribution in [3.05, 3.63) is 0 Å². The molecule has 0 spiro atoms. The molecule has 210 valence electrons. The fraction of sp³-hybridized carbons (Fsp3) is 0.960. The van der Waals surface area contributed by atoms with Gasteiger partial charge in [0.25, 0.3) is 0 Å². The van der Waals surface area contributed by atoms with Gasteiger partial charge in [0.2, 0.25) is 0 Å². The fourth-order valence-electron chi connectivity index (χ4n) is 2.44. The Labute approximate surface area is 212 Å². The quantitative estimate of drug-likeness (QED) is 0.121. The van der Waals surface area contributed by atoms with Gasteiger partial charge < -0.3 is 42.6 Å². The second-order valence-corrected chi connectivity index (χ2v) is 8.59. The van der Waals surface area contributed by atoms with Crippen LogP contribution in [0.25, 0.3) is 0 Å². The van der Waals surface area contributed by atoms with Gasteiger partial charge in [-0.1, -0.05) is 13.3 Å². The van der Waals surface area contributed by atoms with Gasteiger partial charge in [-0.2, -0.15) is 0 Å². The number of carbonyl (C=O) groups excluding carboxylic acids is 1. The molecule has 0 saturated heterocycles. The van der Waals surface area contributed by atoms with Crippen molar-refractivity contribution in [3.63, 3.8) is 0 Å². The maximum atomic E-state index is 11.5. The van der Waals surface area contributed by atoms with E-state index >= 15 is 0 Å². The van der Waals surface area contributed by atoms with Gasteiger partial charge in [0.05, 0.1) is 106 Å². The van der Waals surface area contributed by atoms with Crippen LogP contribution in [0.1, 0.15) is 47.0 Å². The summed E-state index contributed by atoms with van der Waals surface area (Å²) in [5.41, 5.74) is -0.464. The first-order valence-electron chi connectivity index (χ1n) is 12.8. The molecule has 0 saturated carbocycles. The number of carbonyl (C=O) groups is 1. The van der Waals surface area contributed by atoms with Crippen LogP contribution in [0.15, 0.2) is 0 Å². The molecule has 0 aliphatic carbocycles. The fourth-order valence-corrected chi connectivity index (χ4v) is 2.44. The van der Waals surface area contributed by atoms with Crippen molar-refractivity contribution in [2.24, 2.45) is 0 Å². The average molecular weight is 511 g/mol. The van der Waals surface area contributed by atoms with Crippen LogP contribution in [0.4, 0.5) is 0 Å². The van der Waals surface area contributed by atoms with Crippen molar-refractivity contribution < 1.29 is 47.4 Å². The second kappa shape index (κ2) is 26.2. The first-order chi connectivity index (χ1) is 17.0. The van der Waals surface area contributed by atoms with Crippen LogP contribution in [0.2, 0.25) is 0 Å². The summed E-state index contributed by atoms with van der Waals surface area (Å²) in [6, 6.07) is 0. The zero-order chi connectivity index (χ0) is 25.9. The zero-order valence-corrected chi connectivity index (χ0v) is 22.5. The van der Waals surface area contributed by atoms with Crippen molar-refractivity contribution in [2.75, 3.05) is 106 Å². The van der Waals surface area contributed by atoms with Gasteiger partial charge in [0.1, 0.15) is 5.60 Å². The van der Waals surface area contributed by atoms with Gasteiger partial charge in [-0.3, -0.25) is 4.79 Å². The Morgan fingerprint density at radius 1 is 0.486 bits per heavy atom. The maximum Gasteiger partial charge on any atom is 0.308 e. The molecule has 0 amide bonds. The molecule has 0 heterocycles. The van der Waals surface area contributed by atoms with E-state index in [1.54, 1.807) is 0 Å². The van der Waals surface area contributed by atoms with Gasteiger partial charge in [0, 0.05) is 6.61 Å². The third-order valence-electron chi connectivity index (χ3n) is 4.12. The van der Waals surface area contributed by atoms with Crippen LogP contribution in [0.3, 0.4) is 0 Å². The monoisotopic (exact) mass is 510 g/mol. The molecule has 35 heavy (non-hydrogen) atoms. The van der Waals surface area contributed by atoms with Crippen molar-refractivity contribution in [1.82, 2.24) is 0 Å². The number of esters is 1. The minimum Gasteiger partial charge on any atom is -0.460 e. The number of hydrogen-bond donors (Lipinski definition) is 0. The standard InChI is InChI=1S/C25H50O10/c1-5-6-8-27-10-12-29-14-16-31-18-20-33-22-23-34-21-19-32-17-15-30-13-11-28-9-7-24(26)35-25(2,3)4/h5-23H2,1-4H3. The van der Waals surface area contributed by atoms with Crippen molar-refractivity contribution >= 4 is 5.97 Å². The van der Waals surface area contributed by atoms with Crippen molar-refractivity contribution in [2.45, 2.75) is 52.6 Å². The van der Waals surface area contributed by atoms with Gasteiger partial charge in [-0.25, -0.2) is 0 Å². The zero-order valence-electron chi connectivity index (χ0n) is 22.5. The summed E-state index contributed by atoms with van der Waals surface area (Å²) in [7, 11) is 0. The van der Waals surface area contributed by atoms with Crippen molar-refractivity contribution in [3.8, 4) is 0 Å². The van der Waals surface area contributed by atoms with E-state index in [1.807, 2.05) is 20.8 Å². The van der Waals surface area contributed by atoms with Crippen LogP contribution in [-0.2, 0) is 47.4 Å². The molecule has 10 heteroatoms. The van der Waals surface area contributed by atoms with Crippen LogP contribution >= 0.6 is 0 Å². The molecular formula is C25H50O10. The van der Waals surface area contributed by atoms with Gasteiger partial charge in [-0.05, 0) is 27.2 Å². The molecule has 0 aromatic rings. The van der Waals surface area contributed by atoms with Crippen LogP contribution in [-0.4, -0.2) is 117 Å². The lowest BCUT2D eigenvalue weighted by Gasteiger charge is -2.19. The Hall–Kier alpha value is -0.850.